The Kier molecular flexibility index (Phi) is 5.71. The molecule has 1 saturated carbocycles. The molecule has 2 aromatic heterocycles. The van der Waals surface area contributed by atoms with Gasteiger partial charge in [0, 0.05) is 49.5 Å². The lowest BCUT2D eigenvalue weighted by molar-refractivity contribution is 0.462. The van der Waals surface area contributed by atoms with Crippen LogP contribution >= 0.6 is 0 Å². The Balaban J connectivity index is 1.62. The molecule has 0 radical (unpaired) electrons. The highest BCUT2D eigenvalue weighted by atomic mass is 15.2. The molecule has 0 atom stereocenters. The number of hydrogen-bond acceptors (Lipinski definition) is 6. The predicted molar refractivity (Wildman–Crippen MR) is 114 cm³/mol. The molecule has 0 amide bonds. The van der Waals surface area contributed by atoms with Gasteiger partial charge in [-0.1, -0.05) is 19.3 Å². The second kappa shape index (κ2) is 8.56. The second-order valence-electron chi connectivity index (χ2n) is 7.66. The van der Waals surface area contributed by atoms with Crippen LogP contribution in [0.3, 0.4) is 0 Å². The minimum Gasteiger partial charge on any atom is -0.384 e. The topological polar surface area (TPSA) is 103 Å². The van der Waals surface area contributed by atoms with E-state index in [9.17, 15) is 0 Å². The summed E-state index contributed by atoms with van der Waals surface area (Å²) in [5, 5.41) is 14.9. The Labute approximate surface area is 166 Å². The molecule has 2 aliphatic rings. The summed E-state index contributed by atoms with van der Waals surface area (Å²) in [5.41, 5.74) is 8.34. The average molecular weight is 380 g/mol. The minimum atomic E-state index is 0.0645. The molecule has 7 nitrogen and oxygen atoms in total. The van der Waals surface area contributed by atoms with Crippen LogP contribution in [0.2, 0.25) is 0 Å². The van der Waals surface area contributed by atoms with Gasteiger partial charge in [0.1, 0.15) is 17.5 Å². The first kappa shape index (κ1) is 18.7. The first-order chi connectivity index (χ1) is 13.7. The van der Waals surface area contributed by atoms with Gasteiger partial charge in [-0.15, -0.1) is 0 Å². The van der Waals surface area contributed by atoms with E-state index < -0.39 is 0 Å². The van der Waals surface area contributed by atoms with Crippen LogP contribution in [-0.2, 0) is 0 Å². The molecule has 5 N–H and O–H groups in total. The highest BCUT2D eigenvalue weighted by Crippen LogP contribution is 2.26. The predicted octanol–water partition coefficient (Wildman–Crippen LogP) is 2.58. The molecule has 0 bridgehead atoms. The molecule has 1 saturated heterocycles. The number of nitrogens with two attached hydrogens (primary N) is 1. The van der Waals surface area contributed by atoms with Gasteiger partial charge in [0.15, 0.2) is 0 Å². The second-order valence-corrected chi connectivity index (χ2v) is 7.66. The van der Waals surface area contributed by atoms with Crippen molar-refractivity contribution in [1.29, 1.82) is 5.41 Å². The van der Waals surface area contributed by atoms with Crippen molar-refractivity contribution >= 4 is 17.5 Å². The maximum Gasteiger partial charge on any atom is 0.130 e. The number of piperazine rings is 1. The third kappa shape index (κ3) is 4.42. The van der Waals surface area contributed by atoms with Gasteiger partial charge in [-0.25, -0.2) is 9.97 Å². The number of aromatic nitrogens is 2. The van der Waals surface area contributed by atoms with Crippen molar-refractivity contribution in [2.24, 2.45) is 5.73 Å². The van der Waals surface area contributed by atoms with Crippen molar-refractivity contribution in [3.8, 4) is 11.3 Å². The quantitative estimate of drug-likeness (QED) is 0.470. The summed E-state index contributed by atoms with van der Waals surface area (Å²) in [6, 6.07) is 8.35. The van der Waals surface area contributed by atoms with Crippen LogP contribution in [0.4, 0.5) is 11.6 Å². The van der Waals surface area contributed by atoms with Gasteiger partial charge in [0.2, 0.25) is 0 Å². The Hall–Kier alpha value is -2.67. The summed E-state index contributed by atoms with van der Waals surface area (Å²) in [5.74, 6) is 1.83. The maximum absolute atomic E-state index is 7.91. The zero-order chi connectivity index (χ0) is 19.3. The van der Waals surface area contributed by atoms with E-state index in [1.54, 1.807) is 0 Å². The lowest BCUT2D eigenvalue weighted by Crippen LogP contribution is -2.44. The molecule has 148 valence electrons. The summed E-state index contributed by atoms with van der Waals surface area (Å²) in [7, 11) is 0. The normalized spacial score (nSPS) is 18.1. The smallest absolute Gasteiger partial charge is 0.130 e. The lowest BCUT2D eigenvalue weighted by atomic mass is 9.95. The lowest BCUT2D eigenvalue weighted by Gasteiger charge is -2.29. The molecule has 0 aromatic carbocycles. The number of amidine groups is 1. The van der Waals surface area contributed by atoms with E-state index in [1.807, 2.05) is 24.4 Å². The number of nitrogens with one attached hydrogen (secondary N) is 3. The molecule has 4 rings (SSSR count). The molecule has 0 unspecified atom stereocenters. The van der Waals surface area contributed by atoms with E-state index in [4.69, 9.17) is 16.1 Å². The van der Waals surface area contributed by atoms with Crippen molar-refractivity contribution < 1.29 is 0 Å². The average Bonchev–Trinajstić information content (AvgIpc) is 2.75. The van der Waals surface area contributed by atoms with E-state index in [2.05, 4.69) is 26.6 Å². The van der Waals surface area contributed by atoms with E-state index in [0.717, 1.165) is 49.1 Å². The van der Waals surface area contributed by atoms with Crippen molar-refractivity contribution in [2.45, 2.75) is 38.1 Å². The molecule has 3 heterocycles. The monoisotopic (exact) mass is 379 g/mol. The Morgan fingerprint density at radius 3 is 2.68 bits per heavy atom. The molecule has 2 fully saturated rings. The van der Waals surface area contributed by atoms with Gasteiger partial charge >= 0.3 is 0 Å². The number of pyridine rings is 2. The molecule has 1 aliphatic heterocycles. The first-order valence-electron chi connectivity index (χ1n) is 10.2. The molecular formula is C21H29N7. The fraction of sp³-hybridized carbons (Fsp3) is 0.476. The third-order valence-corrected chi connectivity index (χ3v) is 5.58. The fourth-order valence-electron chi connectivity index (χ4n) is 4.00. The number of hydrogen-bond donors (Lipinski definition) is 4. The van der Waals surface area contributed by atoms with Gasteiger partial charge in [0.25, 0.3) is 0 Å². The van der Waals surface area contributed by atoms with Gasteiger partial charge in [-0.3, -0.25) is 5.41 Å². The Bertz CT molecular complexity index is 823. The maximum atomic E-state index is 7.91. The van der Waals surface area contributed by atoms with Gasteiger partial charge in [-0.2, -0.15) is 0 Å². The van der Waals surface area contributed by atoms with E-state index >= 15 is 0 Å². The molecule has 7 heteroatoms. The van der Waals surface area contributed by atoms with Crippen LogP contribution in [0.15, 0.2) is 30.5 Å². The van der Waals surface area contributed by atoms with Crippen molar-refractivity contribution in [3.63, 3.8) is 0 Å². The summed E-state index contributed by atoms with van der Waals surface area (Å²) < 4.78 is 0. The Morgan fingerprint density at radius 2 is 1.93 bits per heavy atom. The van der Waals surface area contributed by atoms with Crippen LogP contribution in [0, 0.1) is 5.41 Å². The SMILES string of the molecule is N=C(N)c1cc(-c2ccnc(NC3CCCCC3)c2)nc(N2CCNCC2)c1. The highest BCUT2D eigenvalue weighted by molar-refractivity contribution is 5.96. The van der Waals surface area contributed by atoms with Gasteiger partial charge < -0.3 is 21.3 Å². The fourth-order valence-corrected chi connectivity index (χ4v) is 4.00. The molecular weight excluding hydrogens is 350 g/mol. The summed E-state index contributed by atoms with van der Waals surface area (Å²) in [6.07, 6.45) is 8.14. The van der Waals surface area contributed by atoms with Crippen LogP contribution < -0.4 is 21.3 Å². The van der Waals surface area contributed by atoms with Crippen molar-refractivity contribution in [1.82, 2.24) is 15.3 Å². The largest absolute Gasteiger partial charge is 0.384 e. The standard InChI is InChI=1S/C21H29N7/c22-21(23)16-12-18(27-20(14-16)28-10-8-24-9-11-28)15-6-7-25-19(13-15)26-17-4-2-1-3-5-17/h6-7,12-14,17,24H,1-5,8-11H2,(H3,22,23)(H,25,26). The minimum absolute atomic E-state index is 0.0645. The van der Waals surface area contributed by atoms with Crippen LogP contribution in [0.5, 0.6) is 0 Å². The number of nitrogen functional groups attached to an aromatic ring is 1. The molecule has 0 spiro atoms. The third-order valence-electron chi connectivity index (χ3n) is 5.58. The van der Waals surface area contributed by atoms with Gasteiger partial charge in [0.05, 0.1) is 5.69 Å². The number of nitrogens with zero attached hydrogens (tertiary/aromatic N) is 3. The van der Waals surface area contributed by atoms with Crippen LogP contribution in [0.25, 0.3) is 11.3 Å². The zero-order valence-electron chi connectivity index (χ0n) is 16.2. The van der Waals surface area contributed by atoms with Crippen molar-refractivity contribution in [2.75, 3.05) is 36.4 Å². The van der Waals surface area contributed by atoms with Crippen LogP contribution in [0.1, 0.15) is 37.7 Å². The summed E-state index contributed by atoms with van der Waals surface area (Å²) >= 11 is 0. The molecule has 2 aromatic rings. The Morgan fingerprint density at radius 1 is 1.14 bits per heavy atom. The highest BCUT2D eigenvalue weighted by Gasteiger charge is 2.17. The molecule has 1 aliphatic carbocycles. The number of anilines is 2. The van der Waals surface area contributed by atoms with Crippen LogP contribution in [-0.4, -0.2) is 48.0 Å². The summed E-state index contributed by atoms with van der Waals surface area (Å²) in [4.78, 5) is 11.6. The van der Waals surface area contributed by atoms with Crippen molar-refractivity contribution in [3.05, 3.63) is 36.0 Å². The van der Waals surface area contributed by atoms with E-state index in [0.29, 0.717) is 11.6 Å². The van der Waals surface area contributed by atoms with E-state index in [-0.39, 0.29) is 5.84 Å². The first-order valence-corrected chi connectivity index (χ1v) is 10.2. The molecule has 28 heavy (non-hydrogen) atoms. The number of rotatable bonds is 5. The summed E-state index contributed by atoms with van der Waals surface area (Å²) in [6.45, 7) is 3.68. The van der Waals surface area contributed by atoms with Gasteiger partial charge in [-0.05, 0) is 37.1 Å². The van der Waals surface area contributed by atoms with E-state index in [1.165, 1.54) is 32.1 Å². The zero-order valence-corrected chi connectivity index (χ0v) is 16.2.